The number of anilines is 1. The molecular formula is C17H18ClN2OP. The van der Waals surface area contributed by atoms with Crippen LogP contribution >= 0.6 is 19.8 Å². The van der Waals surface area contributed by atoms with Gasteiger partial charge in [-0.1, -0.05) is 29.8 Å². The van der Waals surface area contributed by atoms with E-state index < -0.39 is 8.22 Å². The molecule has 2 saturated heterocycles. The Bertz CT molecular complexity index is 682. The lowest BCUT2D eigenvalue weighted by Gasteiger charge is -2.31. The van der Waals surface area contributed by atoms with Gasteiger partial charge in [0.15, 0.2) is 0 Å². The van der Waals surface area contributed by atoms with Gasteiger partial charge in [-0.2, -0.15) is 0 Å². The number of phenolic OH excluding ortho intramolecular Hbond substituents is 1. The first-order valence-electron chi connectivity index (χ1n) is 7.62. The quantitative estimate of drug-likeness (QED) is 0.843. The monoisotopic (exact) mass is 332 g/mol. The molecule has 2 atom stereocenters. The molecule has 22 heavy (non-hydrogen) atoms. The molecule has 0 aliphatic carbocycles. The fraction of sp³-hybridized carbons (Fsp3) is 0.294. The van der Waals surface area contributed by atoms with Crippen molar-refractivity contribution in [1.29, 1.82) is 0 Å². The molecule has 2 fully saturated rings. The SMILES string of the molecule is Oc1ccc(Cl)cc1[P@@]1N(c2ccccc2)C[C@@H]2CCCN21. The van der Waals surface area contributed by atoms with E-state index >= 15 is 0 Å². The number of fused-ring (bicyclic) bond motifs is 1. The highest BCUT2D eigenvalue weighted by Crippen LogP contribution is 2.56. The van der Waals surface area contributed by atoms with Crippen molar-refractivity contribution in [2.24, 2.45) is 0 Å². The Morgan fingerprint density at radius 1 is 1.14 bits per heavy atom. The minimum atomic E-state index is -0.725. The van der Waals surface area contributed by atoms with Crippen molar-refractivity contribution in [3.63, 3.8) is 0 Å². The number of hydrogen-bond acceptors (Lipinski definition) is 3. The van der Waals surface area contributed by atoms with Gasteiger partial charge in [-0.3, -0.25) is 4.67 Å². The van der Waals surface area contributed by atoms with E-state index in [4.69, 9.17) is 11.6 Å². The van der Waals surface area contributed by atoms with Gasteiger partial charge >= 0.3 is 0 Å². The third-order valence-electron chi connectivity index (χ3n) is 4.41. The number of hydrogen-bond donors (Lipinski definition) is 1. The third-order valence-corrected chi connectivity index (χ3v) is 7.30. The fourth-order valence-corrected chi connectivity index (χ4v) is 6.53. The highest BCUT2D eigenvalue weighted by atomic mass is 35.5. The average Bonchev–Trinajstić information content (AvgIpc) is 3.11. The summed E-state index contributed by atoms with van der Waals surface area (Å²) < 4.78 is 5.01. The van der Waals surface area contributed by atoms with E-state index in [-0.39, 0.29) is 0 Å². The van der Waals surface area contributed by atoms with Crippen molar-refractivity contribution < 1.29 is 5.11 Å². The predicted octanol–water partition coefficient (Wildman–Crippen LogP) is 3.97. The lowest BCUT2D eigenvalue weighted by molar-refractivity contribution is 0.464. The first kappa shape index (κ1) is 14.3. The minimum Gasteiger partial charge on any atom is -0.507 e. The van der Waals surface area contributed by atoms with E-state index in [0.29, 0.717) is 16.8 Å². The maximum absolute atomic E-state index is 10.4. The molecule has 2 heterocycles. The molecular weight excluding hydrogens is 315 g/mol. The lowest BCUT2D eigenvalue weighted by atomic mass is 10.2. The molecule has 1 N–H and O–H groups in total. The van der Waals surface area contributed by atoms with Gasteiger partial charge in [0.1, 0.15) is 14.0 Å². The van der Waals surface area contributed by atoms with Crippen molar-refractivity contribution in [2.45, 2.75) is 18.9 Å². The Morgan fingerprint density at radius 3 is 2.77 bits per heavy atom. The van der Waals surface area contributed by atoms with Gasteiger partial charge in [0.25, 0.3) is 0 Å². The van der Waals surface area contributed by atoms with Crippen LogP contribution in [0.25, 0.3) is 0 Å². The normalized spacial score (nSPS) is 24.7. The van der Waals surface area contributed by atoms with Crippen LogP contribution < -0.4 is 9.97 Å². The molecule has 3 nitrogen and oxygen atoms in total. The van der Waals surface area contributed by atoms with Crippen LogP contribution in [0.1, 0.15) is 12.8 Å². The van der Waals surface area contributed by atoms with E-state index in [2.05, 4.69) is 33.6 Å². The molecule has 2 aromatic rings. The third kappa shape index (κ3) is 2.38. The van der Waals surface area contributed by atoms with Crippen molar-refractivity contribution in [2.75, 3.05) is 17.8 Å². The summed E-state index contributed by atoms with van der Waals surface area (Å²) in [6, 6.07) is 16.5. The van der Waals surface area contributed by atoms with Crippen LogP contribution in [0.4, 0.5) is 5.69 Å². The van der Waals surface area contributed by atoms with Gasteiger partial charge in [-0.25, -0.2) is 0 Å². The summed E-state index contributed by atoms with van der Waals surface area (Å²) in [4.78, 5) is 0. The second kappa shape index (κ2) is 5.73. The Kier molecular flexibility index (Phi) is 3.73. The van der Waals surface area contributed by atoms with Crippen molar-refractivity contribution >= 4 is 30.8 Å². The Labute approximate surface area is 137 Å². The number of para-hydroxylation sites is 1. The molecule has 0 spiro atoms. The molecule has 2 aromatic carbocycles. The molecule has 0 amide bonds. The topological polar surface area (TPSA) is 26.7 Å². The first-order valence-corrected chi connectivity index (χ1v) is 9.24. The molecule has 4 rings (SSSR count). The summed E-state index contributed by atoms with van der Waals surface area (Å²) in [5, 5.41) is 12.0. The molecule has 5 heteroatoms. The maximum Gasteiger partial charge on any atom is 0.126 e. The molecule has 0 saturated carbocycles. The van der Waals surface area contributed by atoms with E-state index in [1.165, 1.54) is 18.5 Å². The zero-order chi connectivity index (χ0) is 15.1. The van der Waals surface area contributed by atoms with Crippen LogP contribution in [-0.4, -0.2) is 28.9 Å². The second-order valence-electron chi connectivity index (χ2n) is 5.80. The van der Waals surface area contributed by atoms with Gasteiger partial charge < -0.3 is 9.78 Å². The lowest BCUT2D eigenvalue weighted by Crippen LogP contribution is -2.23. The summed E-state index contributed by atoms with van der Waals surface area (Å²) in [6.07, 6.45) is 2.48. The van der Waals surface area contributed by atoms with Crippen LogP contribution in [0, 0.1) is 0 Å². The second-order valence-corrected chi connectivity index (χ2v) is 8.29. The molecule has 0 aromatic heterocycles. The van der Waals surface area contributed by atoms with Gasteiger partial charge in [0.2, 0.25) is 0 Å². The average molecular weight is 333 g/mol. The van der Waals surface area contributed by atoms with Gasteiger partial charge in [-0.15, -0.1) is 0 Å². The fourth-order valence-electron chi connectivity index (χ4n) is 3.41. The standard InChI is InChI=1S/C17H18ClN2OP/c18-13-8-9-16(21)17(11-13)22-19-10-4-7-15(19)12-20(22)14-5-2-1-3-6-14/h1-3,5-6,8-9,11,15,21H,4,7,10,12H2/t15-,22+/m0/s1. The predicted molar refractivity (Wildman–Crippen MR) is 93.2 cm³/mol. The van der Waals surface area contributed by atoms with E-state index in [1.807, 2.05) is 12.1 Å². The molecule has 114 valence electrons. The zero-order valence-corrected chi connectivity index (χ0v) is 13.8. The highest BCUT2D eigenvalue weighted by Gasteiger charge is 2.44. The van der Waals surface area contributed by atoms with Crippen LogP contribution in [0.3, 0.4) is 0 Å². The van der Waals surface area contributed by atoms with E-state index in [0.717, 1.165) is 18.4 Å². The number of benzene rings is 2. The van der Waals surface area contributed by atoms with Gasteiger partial charge in [0.05, 0.1) is 5.30 Å². The molecule has 2 aliphatic heterocycles. The number of rotatable bonds is 2. The maximum atomic E-state index is 10.4. The first-order chi connectivity index (χ1) is 10.7. The molecule has 0 radical (unpaired) electrons. The molecule has 0 unspecified atom stereocenters. The summed E-state index contributed by atoms with van der Waals surface area (Å²) in [7, 11) is -0.725. The summed E-state index contributed by atoms with van der Waals surface area (Å²) in [5.41, 5.74) is 1.22. The highest BCUT2D eigenvalue weighted by molar-refractivity contribution is 7.65. The van der Waals surface area contributed by atoms with Gasteiger partial charge in [-0.05, 0) is 43.2 Å². The van der Waals surface area contributed by atoms with Gasteiger partial charge in [0, 0.05) is 29.8 Å². The largest absolute Gasteiger partial charge is 0.507 e. The Morgan fingerprint density at radius 2 is 1.95 bits per heavy atom. The summed E-state index contributed by atoms with van der Waals surface area (Å²) in [6.45, 7) is 2.13. The van der Waals surface area contributed by atoms with Crippen LogP contribution in [0.2, 0.25) is 5.02 Å². The number of halogens is 1. The van der Waals surface area contributed by atoms with E-state index in [9.17, 15) is 5.11 Å². The smallest absolute Gasteiger partial charge is 0.126 e. The number of phenols is 1. The van der Waals surface area contributed by atoms with Crippen molar-refractivity contribution in [3.8, 4) is 5.75 Å². The number of nitrogens with zero attached hydrogens (tertiary/aromatic N) is 2. The minimum absolute atomic E-state index is 0.351. The number of aromatic hydroxyl groups is 1. The van der Waals surface area contributed by atoms with Crippen LogP contribution in [0.5, 0.6) is 5.75 Å². The van der Waals surface area contributed by atoms with Crippen molar-refractivity contribution in [1.82, 2.24) is 4.67 Å². The summed E-state index contributed by atoms with van der Waals surface area (Å²) >= 11 is 6.19. The van der Waals surface area contributed by atoms with Crippen molar-refractivity contribution in [3.05, 3.63) is 53.6 Å². The Balaban J connectivity index is 1.79. The molecule has 0 bridgehead atoms. The van der Waals surface area contributed by atoms with Crippen LogP contribution in [-0.2, 0) is 0 Å². The molecule has 2 aliphatic rings. The zero-order valence-electron chi connectivity index (χ0n) is 12.2. The van der Waals surface area contributed by atoms with E-state index in [1.54, 1.807) is 12.1 Å². The van der Waals surface area contributed by atoms with Crippen LogP contribution in [0.15, 0.2) is 48.5 Å². The summed E-state index contributed by atoms with van der Waals surface area (Å²) in [5.74, 6) is 0.351. The Hall–Kier alpha value is -1.28.